The van der Waals surface area contributed by atoms with E-state index in [-0.39, 0.29) is 5.82 Å². The number of benzene rings is 2. The third-order valence-electron chi connectivity index (χ3n) is 3.74. The fourth-order valence-corrected chi connectivity index (χ4v) is 2.77. The number of carbonyl (C=O) groups is 1. The fraction of sp³-hybridized carbons (Fsp3) is 0.0588. The topological polar surface area (TPSA) is 51.2 Å². The summed E-state index contributed by atoms with van der Waals surface area (Å²) >= 11 is 0. The molecule has 0 radical (unpaired) electrons. The van der Waals surface area contributed by atoms with Crippen molar-refractivity contribution in [2.45, 2.75) is 6.04 Å². The lowest BCUT2D eigenvalue weighted by Crippen LogP contribution is -2.36. The number of rotatable bonds is 1. The van der Waals surface area contributed by atoms with Gasteiger partial charge in [-0.1, -0.05) is 18.2 Å². The van der Waals surface area contributed by atoms with E-state index in [0.29, 0.717) is 5.75 Å². The Hall–Kier alpha value is -2.95. The standard InChI is InChI=1S/C17H11FN2O2/c18-11-5-3-10(4-6-11)16-15-12-2-1-9-19-13(12)7-8-14(15)22-17(21)20-16/h1-9,16H,(H,20,21). The minimum absolute atomic E-state index is 0.318. The van der Waals surface area contributed by atoms with Crippen molar-refractivity contribution in [1.29, 1.82) is 0 Å². The van der Waals surface area contributed by atoms with Crippen molar-refractivity contribution < 1.29 is 13.9 Å². The Kier molecular flexibility index (Phi) is 2.79. The predicted octanol–water partition coefficient (Wildman–Crippen LogP) is 3.57. The molecule has 22 heavy (non-hydrogen) atoms. The number of nitrogens with zero attached hydrogens (tertiary/aromatic N) is 1. The Morgan fingerprint density at radius 2 is 1.91 bits per heavy atom. The summed E-state index contributed by atoms with van der Waals surface area (Å²) in [6.07, 6.45) is 1.19. The van der Waals surface area contributed by atoms with Crippen LogP contribution in [0, 0.1) is 5.82 Å². The van der Waals surface area contributed by atoms with E-state index in [4.69, 9.17) is 4.74 Å². The van der Waals surface area contributed by atoms with E-state index in [1.165, 1.54) is 12.1 Å². The van der Waals surface area contributed by atoms with E-state index >= 15 is 0 Å². The molecule has 1 N–H and O–H groups in total. The van der Waals surface area contributed by atoms with Crippen molar-refractivity contribution in [3.8, 4) is 5.75 Å². The van der Waals surface area contributed by atoms with Crippen LogP contribution in [0.3, 0.4) is 0 Å². The van der Waals surface area contributed by atoms with Crippen LogP contribution < -0.4 is 10.1 Å². The SMILES string of the molecule is O=C1NC(c2ccc(F)cc2)c2c(ccc3ncccc23)O1. The quantitative estimate of drug-likeness (QED) is 0.746. The summed E-state index contributed by atoms with van der Waals surface area (Å²) in [6, 6.07) is 13.0. The molecular formula is C17H11FN2O2. The van der Waals surface area contributed by atoms with Gasteiger partial charge < -0.3 is 10.1 Å². The smallest absolute Gasteiger partial charge is 0.410 e. The number of ether oxygens (including phenoxy) is 1. The van der Waals surface area contributed by atoms with Gasteiger partial charge in [0.25, 0.3) is 0 Å². The number of pyridine rings is 1. The van der Waals surface area contributed by atoms with Crippen LogP contribution in [0.25, 0.3) is 10.9 Å². The van der Waals surface area contributed by atoms with Gasteiger partial charge in [0.1, 0.15) is 11.6 Å². The van der Waals surface area contributed by atoms with Gasteiger partial charge in [0.15, 0.2) is 0 Å². The third-order valence-corrected chi connectivity index (χ3v) is 3.74. The minimum atomic E-state index is -0.523. The predicted molar refractivity (Wildman–Crippen MR) is 79.1 cm³/mol. The van der Waals surface area contributed by atoms with Crippen LogP contribution in [0.1, 0.15) is 17.2 Å². The monoisotopic (exact) mass is 294 g/mol. The zero-order valence-corrected chi connectivity index (χ0v) is 11.4. The molecule has 2 heterocycles. The summed E-state index contributed by atoms with van der Waals surface area (Å²) in [5, 5.41) is 3.69. The van der Waals surface area contributed by atoms with Gasteiger partial charge in [-0.05, 0) is 35.9 Å². The first-order valence-corrected chi connectivity index (χ1v) is 6.84. The van der Waals surface area contributed by atoms with Gasteiger partial charge in [0.2, 0.25) is 0 Å². The summed E-state index contributed by atoms with van der Waals surface area (Å²) in [7, 11) is 0. The van der Waals surface area contributed by atoms with Gasteiger partial charge in [-0.25, -0.2) is 9.18 Å². The van der Waals surface area contributed by atoms with Crippen LogP contribution in [0.2, 0.25) is 0 Å². The molecule has 4 rings (SSSR count). The number of fused-ring (bicyclic) bond motifs is 3. The van der Waals surface area contributed by atoms with E-state index < -0.39 is 12.1 Å². The van der Waals surface area contributed by atoms with Crippen LogP contribution in [-0.2, 0) is 0 Å². The Morgan fingerprint density at radius 1 is 1.09 bits per heavy atom. The first-order chi connectivity index (χ1) is 10.7. The van der Waals surface area contributed by atoms with Crippen molar-refractivity contribution in [2.75, 3.05) is 0 Å². The van der Waals surface area contributed by atoms with Gasteiger partial charge in [-0.3, -0.25) is 4.98 Å². The van der Waals surface area contributed by atoms with Crippen molar-refractivity contribution in [1.82, 2.24) is 10.3 Å². The maximum absolute atomic E-state index is 13.2. The summed E-state index contributed by atoms with van der Waals surface area (Å²) in [5.41, 5.74) is 2.43. The van der Waals surface area contributed by atoms with E-state index in [9.17, 15) is 9.18 Å². The highest BCUT2D eigenvalue weighted by molar-refractivity contribution is 5.89. The molecule has 1 amide bonds. The molecule has 0 aliphatic carbocycles. The summed E-state index contributed by atoms with van der Waals surface area (Å²) in [4.78, 5) is 16.1. The number of carbonyl (C=O) groups excluding carboxylic acids is 1. The Morgan fingerprint density at radius 3 is 2.73 bits per heavy atom. The van der Waals surface area contributed by atoms with Crippen molar-refractivity contribution in [2.24, 2.45) is 0 Å². The maximum Gasteiger partial charge on any atom is 0.413 e. The maximum atomic E-state index is 13.2. The molecule has 1 atom stereocenters. The lowest BCUT2D eigenvalue weighted by molar-refractivity contribution is 0.191. The second-order valence-corrected chi connectivity index (χ2v) is 5.07. The number of amides is 1. The Bertz CT molecular complexity index is 877. The van der Waals surface area contributed by atoms with Crippen molar-refractivity contribution in [3.05, 3.63) is 71.7 Å². The van der Waals surface area contributed by atoms with Crippen LogP contribution >= 0.6 is 0 Å². The zero-order valence-electron chi connectivity index (χ0n) is 11.4. The average molecular weight is 294 g/mol. The highest BCUT2D eigenvalue weighted by atomic mass is 19.1. The zero-order chi connectivity index (χ0) is 15.1. The molecule has 5 heteroatoms. The van der Waals surface area contributed by atoms with Crippen LogP contribution in [0.4, 0.5) is 9.18 Å². The van der Waals surface area contributed by atoms with E-state index in [0.717, 1.165) is 22.0 Å². The second-order valence-electron chi connectivity index (χ2n) is 5.07. The highest BCUT2D eigenvalue weighted by Crippen LogP contribution is 2.38. The lowest BCUT2D eigenvalue weighted by Gasteiger charge is -2.27. The molecule has 3 aromatic rings. The third kappa shape index (κ3) is 1.98. The molecule has 0 bridgehead atoms. The average Bonchev–Trinajstić information content (AvgIpc) is 2.54. The van der Waals surface area contributed by atoms with Gasteiger partial charge >= 0.3 is 6.09 Å². The number of hydrogen-bond donors (Lipinski definition) is 1. The van der Waals surface area contributed by atoms with Gasteiger partial charge in [-0.2, -0.15) is 0 Å². The van der Waals surface area contributed by atoms with Crippen molar-refractivity contribution >= 4 is 17.0 Å². The second kappa shape index (κ2) is 4.80. The minimum Gasteiger partial charge on any atom is -0.410 e. The molecule has 1 unspecified atom stereocenters. The largest absolute Gasteiger partial charge is 0.413 e. The fourth-order valence-electron chi connectivity index (χ4n) is 2.77. The summed E-state index contributed by atoms with van der Waals surface area (Å²) in [6.45, 7) is 0. The van der Waals surface area contributed by atoms with Crippen LogP contribution in [0.15, 0.2) is 54.7 Å². The lowest BCUT2D eigenvalue weighted by atomic mass is 9.93. The summed E-state index contributed by atoms with van der Waals surface area (Å²) in [5.74, 6) is 0.181. The van der Waals surface area contributed by atoms with E-state index in [1.807, 2.05) is 18.2 Å². The van der Waals surface area contributed by atoms with E-state index in [2.05, 4.69) is 10.3 Å². The first kappa shape index (κ1) is 12.8. The van der Waals surface area contributed by atoms with Crippen LogP contribution in [-0.4, -0.2) is 11.1 Å². The molecule has 1 aromatic heterocycles. The van der Waals surface area contributed by atoms with Gasteiger partial charge in [0.05, 0.1) is 11.6 Å². The first-order valence-electron chi connectivity index (χ1n) is 6.84. The molecule has 4 nitrogen and oxygen atoms in total. The molecule has 2 aromatic carbocycles. The highest BCUT2D eigenvalue weighted by Gasteiger charge is 2.29. The summed E-state index contributed by atoms with van der Waals surface area (Å²) < 4.78 is 18.4. The number of halogens is 1. The normalized spacial score (nSPS) is 16.8. The molecule has 108 valence electrons. The van der Waals surface area contributed by atoms with Gasteiger partial charge in [-0.15, -0.1) is 0 Å². The molecule has 0 saturated heterocycles. The molecule has 1 aliphatic rings. The molecule has 0 spiro atoms. The Balaban J connectivity index is 1.97. The number of nitrogens with one attached hydrogen (secondary N) is 1. The molecule has 0 fully saturated rings. The van der Waals surface area contributed by atoms with Gasteiger partial charge in [0, 0.05) is 17.1 Å². The molecule has 0 saturated carbocycles. The number of aromatic nitrogens is 1. The van der Waals surface area contributed by atoms with E-state index in [1.54, 1.807) is 24.4 Å². The molecule has 1 aliphatic heterocycles. The van der Waals surface area contributed by atoms with Crippen LogP contribution in [0.5, 0.6) is 5.75 Å². The van der Waals surface area contributed by atoms with Crippen molar-refractivity contribution in [3.63, 3.8) is 0 Å². The molecular weight excluding hydrogens is 283 g/mol. The Labute approximate surface area is 125 Å². The number of hydrogen-bond acceptors (Lipinski definition) is 3.